The highest BCUT2D eigenvalue weighted by atomic mass is 19.4. The van der Waals surface area contributed by atoms with Gasteiger partial charge >= 0.3 is 12.1 Å². The molecule has 1 aromatic carbocycles. The van der Waals surface area contributed by atoms with Crippen LogP contribution in [-0.4, -0.2) is 36.5 Å². The van der Waals surface area contributed by atoms with Crippen molar-refractivity contribution in [3.8, 4) is 0 Å². The Morgan fingerprint density at radius 3 is 2.42 bits per heavy atom. The van der Waals surface area contributed by atoms with E-state index in [4.69, 9.17) is 9.57 Å². The van der Waals surface area contributed by atoms with Crippen LogP contribution in [0.5, 0.6) is 0 Å². The standard InChI is InChI=1S/C18H25F3N2O3/c1-12(14-7-6-8-15(9-14)18(19,20)21)23-25-11-16(26-13(2)24)10-22-17(3,4)5/h6-9,16,22H,10-11H2,1-5H3. The summed E-state index contributed by atoms with van der Waals surface area (Å²) in [6.07, 6.45) is -4.99. The van der Waals surface area contributed by atoms with E-state index in [-0.39, 0.29) is 12.1 Å². The summed E-state index contributed by atoms with van der Waals surface area (Å²) in [6, 6.07) is 4.83. The number of ether oxygens (including phenoxy) is 1. The van der Waals surface area contributed by atoms with E-state index in [9.17, 15) is 18.0 Å². The number of hydrogen-bond acceptors (Lipinski definition) is 5. The normalized spacial score (nSPS) is 14.1. The monoisotopic (exact) mass is 374 g/mol. The number of alkyl halides is 3. The Bertz CT molecular complexity index is 637. The lowest BCUT2D eigenvalue weighted by Crippen LogP contribution is -2.43. The van der Waals surface area contributed by atoms with E-state index < -0.39 is 23.8 Å². The Balaban J connectivity index is 2.72. The maximum absolute atomic E-state index is 12.8. The van der Waals surface area contributed by atoms with Crippen molar-refractivity contribution in [1.29, 1.82) is 0 Å². The maximum Gasteiger partial charge on any atom is 0.416 e. The molecule has 1 aromatic rings. The van der Waals surface area contributed by atoms with E-state index in [0.29, 0.717) is 17.8 Å². The number of nitrogens with one attached hydrogen (secondary N) is 1. The molecule has 0 aromatic heterocycles. The largest absolute Gasteiger partial charge is 0.457 e. The molecule has 1 unspecified atom stereocenters. The third-order valence-electron chi connectivity index (χ3n) is 3.26. The fourth-order valence-corrected chi connectivity index (χ4v) is 1.98. The van der Waals surface area contributed by atoms with Gasteiger partial charge in [0.1, 0.15) is 0 Å². The highest BCUT2D eigenvalue weighted by Gasteiger charge is 2.30. The van der Waals surface area contributed by atoms with Gasteiger partial charge in [-0.15, -0.1) is 0 Å². The third-order valence-corrected chi connectivity index (χ3v) is 3.26. The topological polar surface area (TPSA) is 59.9 Å². The van der Waals surface area contributed by atoms with E-state index in [1.807, 2.05) is 20.8 Å². The second-order valence-corrected chi connectivity index (χ2v) is 6.91. The number of oxime groups is 1. The molecular weight excluding hydrogens is 349 g/mol. The molecule has 8 heteroatoms. The van der Waals surface area contributed by atoms with Crippen LogP contribution in [0.2, 0.25) is 0 Å². The average Bonchev–Trinajstić information content (AvgIpc) is 2.50. The van der Waals surface area contributed by atoms with Gasteiger partial charge in [-0.05, 0) is 45.4 Å². The lowest BCUT2D eigenvalue weighted by atomic mass is 10.1. The lowest BCUT2D eigenvalue weighted by Gasteiger charge is -2.24. The van der Waals surface area contributed by atoms with Gasteiger partial charge < -0.3 is 14.9 Å². The van der Waals surface area contributed by atoms with Crippen LogP contribution < -0.4 is 5.32 Å². The van der Waals surface area contributed by atoms with Gasteiger partial charge in [-0.1, -0.05) is 17.3 Å². The van der Waals surface area contributed by atoms with E-state index >= 15 is 0 Å². The smallest absolute Gasteiger partial charge is 0.416 e. The maximum atomic E-state index is 12.8. The first-order valence-electron chi connectivity index (χ1n) is 8.15. The SMILES string of the molecule is CC(=O)OC(CNC(C)(C)C)CON=C(C)c1cccc(C(F)(F)F)c1. The molecule has 1 rings (SSSR count). The number of rotatable bonds is 7. The van der Waals surface area contributed by atoms with Gasteiger partial charge in [0.2, 0.25) is 0 Å². The number of carbonyl (C=O) groups is 1. The molecule has 0 bridgehead atoms. The number of benzene rings is 1. The Labute approximate surface area is 151 Å². The highest BCUT2D eigenvalue weighted by Crippen LogP contribution is 2.29. The van der Waals surface area contributed by atoms with E-state index in [0.717, 1.165) is 12.1 Å². The van der Waals surface area contributed by atoms with E-state index in [2.05, 4.69) is 10.5 Å². The summed E-state index contributed by atoms with van der Waals surface area (Å²) in [5.74, 6) is -0.451. The molecule has 26 heavy (non-hydrogen) atoms. The summed E-state index contributed by atoms with van der Waals surface area (Å²) in [5.41, 5.74) is -0.329. The number of esters is 1. The molecule has 0 amide bonds. The summed E-state index contributed by atoms with van der Waals surface area (Å²) in [6.45, 7) is 9.09. The average molecular weight is 374 g/mol. The minimum Gasteiger partial charge on any atom is -0.457 e. The van der Waals surface area contributed by atoms with Gasteiger partial charge in [0.15, 0.2) is 12.7 Å². The minimum atomic E-state index is -4.42. The second-order valence-electron chi connectivity index (χ2n) is 6.91. The first kappa shape index (κ1) is 22.0. The molecule has 0 aliphatic rings. The van der Waals surface area contributed by atoms with E-state index in [1.54, 1.807) is 6.92 Å². The van der Waals surface area contributed by atoms with E-state index in [1.165, 1.54) is 19.1 Å². The molecule has 0 saturated heterocycles. The number of hydrogen-bond donors (Lipinski definition) is 1. The summed E-state index contributed by atoms with van der Waals surface area (Å²) in [4.78, 5) is 16.4. The Hall–Kier alpha value is -2.09. The molecule has 0 aliphatic carbocycles. The third kappa shape index (κ3) is 8.33. The molecule has 0 saturated carbocycles. The van der Waals surface area contributed by atoms with Crippen LogP contribution in [0.15, 0.2) is 29.4 Å². The lowest BCUT2D eigenvalue weighted by molar-refractivity contribution is -0.149. The van der Waals surface area contributed by atoms with Crippen LogP contribution in [0.3, 0.4) is 0 Å². The molecule has 0 spiro atoms. The van der Waals surface area contributed by atoms with Crippen LogP contribution in [0, 0.1) is 0 Å². The molecular formula is C18H25F3N2O3. The van der Waals surface area contributed by atoms with Crippen LogP contribution in [0.25, 0.3) is 0 Å². The van der Waals surface area contributed by atoms with Crippen LogP contribution >= 0.6 is 0 Å². The van der Waals surface area contributed by atoms with Crippen molar-refractivity contribution in [2.24, 2.45) is 5.16 Å². The number of halogens is 3. The predicted molar refractivity (Wildman–Crippen MR) is 92.9 cm³/mol. The molecule has 146 valence electrons. The summed E-state index contributed by atoms with van der Waals surface area (Å²) in [5, 5.41) is 7.03. The van der Waals surface area contributed by atoms with Crippen molar-refractivity contribution in [2.45, 2.75) is 52.4 Å². The van der Waals surface area contributed by atoms with Crippen LogP contribution in [0.1, 0.15) is 45.7 Å². The van der Waals surface area contributed by atoms with Gasteiger partial charge in [0.05, 0.1) is 11.3 Å². The van der Waals surface area contributed by atoms with Crippen molar-refractivity contribution in [2.75, 3.05) is 13.2 Å². The van der Waals surface area contributed by atoms with Crippen LogP contribution in [-0.2, 0) is 20.5 Å². The first-order chi connectivity index (χ1) is 11.9. The quantitative estimate of drug-likeness (QED) is 0.448. The Kier molecular flexibility index (Phi) is 7.62. The van der Waals surface area contributed by atoms with Gasteiger partial charge in [-0.3, -0.25) is 4.79 Å². The Morgan fingerprint density at radius 2 is 1.88 bits per heavy atom. The molecule has 0 heterocycles. The zero-order valence-corrected chi connectivity index (χ0v) is 15.6. The molecule has 1 atom stereocenters. The molecule has 0 radical (unpaired) electrons. The van der Waals surface area contributed by atoms with Crippen molar-refractivity contribution in [3.05, 3.63) is 35.4 Å². The predicted octanol–water partition coefficient (Wildman–Crippen LogP) is 3.77. The highest BCUT2D eigenvalue weighted by molar-refractivity contribution is 5.98. The molecule has 5 nitrogen and oxygen atoms in total. The zero-order chi connectivity index (χ0) is 20.0. The Morgan fingerprint density at radius 1 is 1.23 bits per heavy atom. The van der Waals surface area contributed by atoms with Gasteiger partial charge in [0.25, 0.3) is 0 Å². The number of carbonyl (C=O) groups excluding carboxylic acids is 1. The molecule has 0 aliphatic heterocycles. The van der Waals surface area contributed by atoms with Gasteiger partial charge in [-0.2, -0.15) is 13.2 Å². The fraction of sp³-hybridized carbons (Fsp3) is 0.556. The van der Waals surface area contributed by atoms with Crippen molar-refractivity contribution in [1.82, 2.24) is 5.32 Å². The van der Waals surface area contributed by atoms with Crippen molar-refractivity contribution < 1.29 is 27.5 Å². The second kappa shape index (κ2) is 9.02. The molecule has 0 fully saturated rings. The van der Waals surface area contributed by atoms with Gasteiger partial charge in [-0.25, -0.2) is 0 Å². The summed E-state index contributed by atoms with van der Waals surface area (Å²) < 4.78 is 43.4. The molecule has 1 N–H and O–H groups in total. The van der Waals surface area contributed by atoms with Crippen LogP contribution in [0.4, 0.5) is 13.2 Å². The van der Waals surface area contributed by atoms with Crippen molar-refractivity contribution in [3.63, 3.8) is 0 Å². The van der Waals surface area contributed by atoms with Crippen molar-refractivity contribution >= 4 is 11.7 Å². The number of nitrogens with zero attached hydrogens (tertiary/aromatic N) is 1. The summed E-state index contributed by atoms with van der Waals surface area (Å²) >= 11 is 0. The minimum absolute atomic E-state index is 0.0149. The first-order valence-corrected chi connectivity index (χ1v) is 8.15. The summed E-state index contributed by atoms with van der Waals surface area (Å²) in [7, 11) is 0. The van der Waals surface area contributed by atoms with Gasteiger partial charge in [0, 0.05) is 19.0 Å². The zero-order valence-electron chi connectivity index (χ0n) is 15.6. The fourth-order valence-electron chi connectivity index (χ4n) is 1.98.